The largest absolute Gasteiger partial charge is 0.481 e. The van der Waals surface area contributed by atoms with E-state index >= 15 is 8.78 Å². The summed E-state index contributed by atoms with van der Waals surface area (Å²) in [5, 5.41) is 8.03. The Morgan fingerprint density at radius 3 is 2.21 bits per heavy atom. The lowest BCUT2D eigenvalue weighted by atomic mass is 9.83. The summed E-state index contributed by atoms with van der Waals surface area (Å²) in [6.07, 6.45) is 5.45. The zero-order valence-electron chi connectivity index (χ0n) is 27.4. The average molecular weight is 657 g/mol. The van der Waals surface area contributed by atoms with E-state index < -0.39 is 35.4 Å². The van der Waals surface area contributed by atoms with Gasteiger partial charge in [0.25, 0.3) is 5.91 Å². The zero-order chi connectivity index (χ0) is 34.0. The molecular formula is C34H46F2N6O5. The van der Waals surface area contributed by atoms with Crippen molar-refractivity contribution in [1.29, 1.82) is 0 Å². The topological polar surface area (TPSA) is 133 Å². The molecule has 47 heavy (non-hydrogen) atoms. The first-order valence-electron chi connectivity index (χ1n) is 16.3. The predicted octanol–water partition coefficient (Wildman–Crippen LogP) is 2.77. The molecule has 13 heteroatoms. The Balaban J connectivity index is 1.39. The highest BCUT2D eigenvalue weighted by Crippen LogP contribution is 2.31. The van der Waals surface area contributed by atoms with Crippen LogP contribution in [0, 0.1) is 5.92 Å². The lowest BCUT2D eigenvalue weighted by molar-refractivity contribution is -0.150. The van der Waals surface area contributed by atoms with E-state index in [9.17, 15) is 19.2 Å². The summed E-state index contributed by atoms with van der Waals surface area (Å²) in [5.74, 6) is -6.43. The number of pyridine rings is 1. The normalized spacial score (nSPS) is 17.3. The van der Waals surface area contributed by atoms with Crippen LogP contribution in [0.1, 0.15) is 62.1 Å². The number of amides is 4. The van der Waals surface area contributed by atoms with Gasteiger partial charge < -0.3 is 30.5 Å². The summed E-state index contributed by atoms with van der Waals surface area (Å²) in [6, 6.07) is 7.82. The van der Waals surface area contributed by atoms with Crippen LogP contribution in [0.5, 0.6) is 5.88 Å². The van der Waals surface area contributed by atoms with Crippen molar-refractivity contribution in [3.05, 3.63) is 59.3 Å². The molecule has 1 aliphatic heterocycles. The molecule has 0 radical (unpaired) electrons. The van der Waals surface area contributed by atoms with E-state index in [1.807, 2.05) is 31.3 Å². The fourth-order valence-electron chi connectivity index (χ4n) is 5.99. The first-order valence-corrected chi connectivity index (χ1v) is 16.3. The standard InChI is InChI=1S/C34H46F2N6O5/c1-4-28(43)39-27(32(45)42-18-16-41(2)17-19-42)20-23-10-12-24(13-11-23)21-38-31(44)30(25-8-6-5-7-9-25)40-33(46)34(35,36)26-14-15-29(47-3)37-22-26/h10-15,22,25,27,30H,4-9,16-21H2,1-3H3,(H,38,44)(H,39,43)(H,40,46). The van der Waals surface area contributed by atoms with Gasteiger partial charge in [0.15, 0.2) is 0 Å². The summed E-state index contributed by atoms with van der Waals surface area (Å²) in [5.41, 5.74) is 0.997. The van der Waals surface area contributed by atoms with Gasteiger partial charge in [-0.2, -0.15) is 8.78 Å². The van der Waals surface area contributed by atoms with Gasteiger partial charge in [-0.3, -0.25) is 19.2 Å². The maximum absolute atomic E-state index is 15.1. The number of likely N-dealkylation sites (N-methyl/N-ethyl adjacent to an activating group) is 1. The van der Waals surface area contributed by atoms with Crippen molar-refractivity contribution in [2.75, 3.05) is 40.3 Å². The van der Waals surface area contributed by atoms with Gasteiger partial charge >= 0.3 is 5.92 Å². The summed E-state index contributed by atoms with van der Waals surface area (Å²) < 4.78 is 35.2. The van der Waals surface area contributed by atoms with Crippen LogP contribution in [0.3, 0.4) is 0 Å². The second kappa shape index (κ2) is 16.6. The van der Waals surface area contributed by atoms with Gasteiger partial charge in [-0.1, -0.05) is 50.5 Å². The van der Waals surface area contributed by atoms with Crippen LogP contribution in [0.2, 0.25) is 0 Å². The molecule has 0 bridgehead atoms. The van der Waals surface area contributed by atoms with Crippen LogP contribution < -0.4 is 20.7 Å². The second-order valence-corrected chi connectivity index (χ2v) is 12.4. The van der Waals surface area contributed by atoms with Gasteiger partial charge in [0.1, 0.15) is 12.1 Å². The van der Waals surface area contributed by atoms with Crippen LogP contribution in [-0.2, 0) is 38.1 Å². The van der Waals surface area contributed by atoms with Crippen molar-refractivity contribution >= 4 is 23.6 Å². The Kier molecular flexibility index (Phi) is 12.6. The third kappa shape index (κ3) is 9.69. The quantitative estimate of drug-likeness (QED) is 0.302. The number of rotatable bonds is 13. The minimum absolute atomic E-state index is 0.110. The van der Waals surface area contributed by atoms with Gasteiger partial charge in [0.2, 0.25) is 23.6 Å². The minimum atomic E-state index is -3.90. The number of nitrogens with one attached hydrogen (secondary N) is 3. The smallest absolute Gasteiger partial charge is 0.351 e. The SMILES string of the molecule is CCC(=O)NC(Cc1ccc(CNC(=O)C(NC(=O)C(F)(F)c2ccc(OC)nc2)C2CCCCC2)cc1)C(=O)N1CCN(C)CC1. The molecule has 2 unspecified atom stereocenters. The number of aromatic nitrogens is 1. The highest BCUT2D eigenvalue weighted by molar-refractivity contribution is 5.91. The van der Waals surface area contributed by atoms with Gasteiger partial charge in [-0.25, -0.2) is 4.98 Å². The van der Waals surface area contributed by atoms with Crippen LogP contribution >= 0.6 is 0 Å². The number of ether oxygens (including phenoxy) is 1. The first-order chi connectivity index (χ1) is 22.5. The van der Waals surface area contributed by atoms with E-state index in [0.717, 1.165) is 55.7 Å². The number of piperazine rings is 1. The molecule has 1 aromatic heterocycles. The monoisotopic (exact) mass is 656 g/mol. The van der Waals surface area contributed by atoms with Crippen molar-refractivity contribution in [2.24, 2.45) is 5.92 Å². The van der Waals surface area contributed by atoms with Gasteiger partial charge in [0.05, 0.1) is 7.11 Å². The molecule has 11 nitrogen and oxygen atoms in total. The second-order valence-electron chi connectivity index (χ2n) is 12.4. The molecule has 1 saturated carbocycles. The Morgan fingerprint density at radius 2 is 1.62 bits per heavy atom. The average Bonchev–Trinajstić information content (AvgIpc) is 3.10. The molecule has 2 heterocycles. The molecule has 3 N–H and O–H groups in total. The number of nitrogens with zero attached hydrogens (tertiary/aromatic N) is 3. The number of hydrogen-bond donors (Lipinski definition) is 3. The molecule has 1 aromatic carbocycles. The molecule has 4 rings (SSSR count). The van der Waals surface area contributed by atoms with E-state index in [2.05, 4.69) is 25.8 Å². The lowest BCUT2D eigenvalue weighted by Gasteiger charge is -2.34. The third-order valence-electron chi connectivity index (χ3n) is 8.98. The number of carbonyl (C=O) groups is 4. The van der Waals surface area contributed by atoms with Crippen molar-refractivity contribution in [2.45, 2.75) is 76.4 Å². The van der Waals surface area contributed by atoms with Gasteiger partial charge in [-0.15, -0.1) is 0 Å². The van der Waals surface area contributed by atoms with E-state index in [1.54, 1.807) is 11.8 Å². The number of carbonyl (C=O) groups excluding carboxylic acids is 4. The van der Waals surface area contributed by atoms with Crippen LogP contribution in [0.4, 0.5) is 8.78 Å². The highest BCUT2D eigenvalue weighted by atomic mass is 19.3. The number of benzene rings is 1. The first kappa shape index (κ1) is 35.7. The molecule has 4 amide bonds. The number of methoxy groups -OCH3 is 1. The molecule has 2 aromatic rings. The number of hydrogen-bond acceptors (Lipinski definition) is 7. The fourth-order valence-corrected chi connectivity index (χ4v) is 5.99. The summed E-state index contributed by atoms with van der Waals surface area (Å²) >= 11 is 0. The van der Waals surface area contributed by atoms with Gasteiger partial charge in [-0.05, 0) is 43.0 Å². The van der Waals surface area contributed by atoms with E-state index in [4.69, 9.17) is 4.74 Å². The third-order valence-corrected chi connectivity index (χ3v) is 8.98. The van der Waals surface area contributed by atoms with Crippen LogP contribution in [-0.4, -0.2) is 90.8 Å². The Morgan fingerprint density at radius 1 is 0.957 bits per heavy atom. The Labute approximate surface area is 274 Å². The van der Waals surface area contributed by atoms with Crippen LogP contribution in [0.15, 0.2) is 42.6 Å². The highest BCUT2D eigenvalue weighted by Gasteiger charge is 2.44. The Bertz CT molecular complexity index is 1360. The molecule has 256 valence electrons. The summed E-state index contributed by atoms with van der Waals surface area (Å²) in [6.45, 7) is 4.61. The van der Waals surface area contributed by atoms with Crippen LogP contribution in [0.25, 0.3) is 0 Å². The summed E-state index contributed by atoms with van der Waals surface area (Å²) in [7, 11) is 3.37. The van der Waals surface area contributed by atoms with E-state index in [1.165, 1.54) is 13.2 Å². The molecule has 1 aliphatic carbocycles. The van der Waals surface area contributed by atoms with Crippen molar-refractivity contribution in [3.8, 4) is 5.88 Å². The number of alkyl halides is 2. The minimum Gasteiger partial charge on any atom is -0.481 e. The Hall–Kier alpha value is -4.13. The van der Waals surface area contributed by atoms with Gasteiger partial charge in [0, 0.05) is 63.4 Å². The molecule has 2 aliphatic rings. The maximum Gasteiger partial charge on any atom is 0.351 e. The molecule has 1 saturated heterocycles. The van der Waals surface area contributed by atoms with E-state index in [0.29, 0.717) is 32.4 Å². The zero-order valence-corrected chi connectivity index (χ0v) is 27.4. The molecule has 2 atom stereocenters. The lowest BCUT2D eigenvalue weighted by Crippen LogP contribution is -2.54. The predicted molar refractivity (Wildman–Crippen MR) is 171 cm³/mol. The fraction of sp³-hybridized carbons (Fsp3) is 0.559. The molecule has 2 fully saturated rings. The summed E-state index contributed by atoms with van der Waals surface area (Å²) in [4.78, 5) is 59.5. The van der Waals surface area contributed by atoms with Crippen molar-refractivity contribution in [1.82, 2.24) is 30.7 Å². The molecule has 0 spiro atoms. The molecular weight excluding hydrogens is 610 g/mol. The maximum atomic E-state index is 15.1. The van der Waals surface area contributed by atoms with Crippen molar-refractivity contribution < 1.29 is 32.7 Å². The number of halogens is 2. The van der Waals surface area contributed by atoms with E-state index in [-0.39, 0.29) is 36.6 Å². The van der Waals surface area contributed by atoms with Crippen molar-refractivity contribution in [3.63, 3.8) is 0 Å².